The minimum absolute atomic E-state index is 0.0818. The molecule has 0 bridgehead atoms. The number of hydroxylamine groups is 1. The molecule has 0 aliphatic heterocycles. The Morgan fingerprint density at radius 3 is 2.58 bits per heavy atom. The molecule has 19 heavy (non-hydrogen) atoms. The molecule has 0 atom stereocenters. The van der Waals surface area contributed by atoms with Gasteiger partial charge in [0.1, 0.15) is 12.4 Å². The summed E-state index contributed by atoms with van der Waals surface area (Å²) in [6, 6.07) is 5.63. The highest BCUT2D eigenvalue weighted by Crippen LogP contribution is 2.16. The Hall–Kier alpha value is -2.28. The van der Waals surface area contributed by atoms with E-state index in [1.54, 1.807) is 12.1 Å². The first-order valence-electron chi connectivity index (χ1n) is 5.38. The second-order valence-corrected chi connectivity index (χ2v) is 3.76. The van der Waals surface area contributed by atoms with Crippen LogP contribution in [-0.2, 0) is 6.61 Å². The number of hydrogen-bond acceptors (Lipinski definition) is 5. The smallest absolute Gasteiger partial charge is 0.318 e. The maximum atomic E-state index is 13.2. The highest BCUT2D eigenvalue weighted by molar-refractivity contribution is 5.35. The van der Waals surface area contributed by atoms with E-state index < -0.39 is 5.82 Å². The van der Waals surface area contributed by atoms with Gasteiger partial charge in [-0.15, -0.1) is 0 Å². The van der Waals surface area contributed by atoms with E-state index in [9.17, 15) is 8.78 Å². The summed E-state index contributed by atoms with van der Waals surface area (Å²) in [5.41, 5.74) is 0.716. The molecule has 1 N–H and O–H groups in total. The van der Waals surface area contributed by atoms with Gasteiger partial charge in [-0.2, -0.15) is 4.98 Å². The lowest BCUT2D eigenvalue weighted by Gasteiger charge is -2.11. The average molecular weight is 267 g/mol. The van der Waals surface area contributed by atoms with Crippen LogP contribution in [0, 0.1) is 11.6 Å². The van der Waals surface area contributed by atoms with E-state index in [0.29, 0.717) is 10.6 Å². The number of ether oxygens (including phenoxy) is 1. The van der Waals surface area contributed by atoms with Crippen LogP contribution >= 0.6 is 0 Å². The molecule has 1 heterocycles. The lowest BCUT2D eigenvalue weighted by molar-refractivity contribution is 0.258. The van der Waals surface area contributed by atoms with Crippen molar-refractivity contribution < 1.29 is 18.7 Å². The Bertz CT molecular complexity index is 561. The third kappa shape index (κ3) is 3.35. The van der Waals surface area contributed by atoms with Gasteiger partial charge in [-0.3, -0.25) is 5.21 Å². The summed E-state index contributed by atoms with van der Waals surface area (Å²) in [7, 11) is 1.23. The number of anilines is 1. The monoisotopic (exact) mass is 267 g/mol. The number of hydrogen-bond donors (Lipinski definition) is 1. The van der Waals surface area contributed by atoms with Crippen molar-refractivity contribution in [2.75, 3.05) is 12.1 Å². The summed E-state index contributed by atoms with van der Waals surface area (Å²) in [5.74, 6) is -1.39. The molecule has 2 aromatic rings. The average Bonchev–Trinajstić information content (AvgIpc) is 2.39. The van der Waals surface area contributed by atoms with E-state index in [-0.39, 0.29) is 24.3 Å². The standard InChI is InChI=1S/C12H11F2N3O2/c1-17(18)11-10(14)6-15-12(16-11)19-7-8-2-4-9(13)5-3-8/h2-6,18H,7H2,1H3. The molecule has 1 aromatic carbocycles. The lowest BCUT2D eigenvalue weighted by atomic mass is 10.2. The first-order valence-corrected chi connectivity index (χ1v) is 5.38. The SMILES string of the molecule is CN(O)c1nc(OCc2ccc(F)cc2)ncc1F. The summed E-state index contributed by atoms with van der Waals surface area (Å²) in [6.07, 6.45) is 0.898. The third-order valence-electron chi connectivity index (χ3n) is 2.29. The Balaban J connectivity index is 2.07. The van der Waals surface area contributed by atoms with Crippen LogP contribution in [0.3, 0.4) is 0 Å². The van der Waals surface area contributed by atoms with Gasteiger partial charge in [0.15, 0.2) is 11.6 Å². The van der Waals surface area contributed by atoms with Crippen molar-refractivity contribution in [3.05, 3.63) is 47.7 Å². The molecule has 5 nitrogen and oxygen atoms in total. The van der Waals surface area contributed by atoms with Gasteiger partial charge in [0.25, 0.3) is 0 Å². The minimum atomic E-state index is -0.765. The van der Waals surface area contributed by atoms with Gasteiger partial charge >= 0.3 is 6.01 Å². The van der Waals surface area contributed by atoms with Gasteiger partial charge < -0.3 is 4.74 Å². The molecule has 0 unspecified atom stereocenters. The van der Waals surface area contributed by atoms with E-state index in [1.165, 1.54) is 19.2 Å². The molecule has 0 spiro atoms. The molecule has 7 heteroatoms. The van der Waals surface area contributed by atoms with Gasteiger partial charge in [-0.25, -0.2) is 18.8 Å². The zero-order valence-corrected chi connectivity index (χ0v) is 10.0. The molecule has 0 fully saturated rings. The van der Waals surface area contributed by atoms with E-state index >= 15 is 0 Å². The van der Waals surface area contributed by atoms with Crippen LogP contribution in [0.5, 0.6) is 6.01 Å². The molecule has 0 aliphatic rings. The van der Waals surface area contributed by atoms with Gasteiger partial charge in [-0.1, -0.05) is 12.1 Å². The minimum Gasteiger partial charge on any atom is -0.459 e. The molecule has 0 saturated carbocycles. The maximum absolute atomic E-state index is 13.2. The Morgan fingerprint density at radius 2 is 1.95 bits per heavy atom. The van der Waals surface area contributed by atoms with Gasteiger partial charge in [0, 0.05) is 7.05 Å². The molecule has 100 valence electrons. The Kier molecular flexibility index (Phi) is 3.86. The van der Waals surface area contributed by atoms with E-state index in [4.69, 9.17) is 9.94 Å². The van der Waals surface area contributed by atoms with Crippen LogP contribution in [0.15, 0.2) is 30.5 Å². The summed E-state index contributed by atoms with van der Waals surface area (Å²) in [5, 5.41) is 9.68. The number of halogens is 2. The molecular weight excluding hydrogens is 256 g/mol. The Morgan fingerprint density at radius 1 is 1.26 bits per heavy atom. The van der Waals surface area contributed by atoms with Crippen molar-refractivity contribution in [3.8, 4) is 6.01 Å². The van der Waals surface area contributed by atoms with Crippen LogP contribution in [0.25, 0.3) is 0 Å². The van der Waals surface area contributed by atoms with Crippen molar-refractivity contribution in [3.63, 3.8) is 0 Å². The van der Waals surface area contributed by atoms with Crippen molar-refractivity contribution in [1.29, 1.82) is 0 Å². The molecule has 1 aromatic heterocycles. The van der Waals surface area contributed by atoms with Gasteiger partial charge in [0.05, 0.1) is 6.20 Å². The van der Waals surface area contributed by atoms with E-state index in [2.05, 4.69) is 9.97 Å². The normalized spacial score (nSPS) is 10.3. The van der Waals surface area contributed by atoms with E-state index in [1.807, 2.05) is 0 Å². The molecule has 0 saturated heterocycles. The zero-order valence-electron chi connectivity index (χ0n) is 10.0. The predicted molar refractivity (Wildman–Crippen MR) is 62.9 cm³/mol. The van der Waals surface area contributed by atoms with Crippen molar-refractivity contribution >= 4 is 5.82 Å². The lowest BCUT2D eigenvalue weighted by Crippen LogP contribution is -2.15. The second-order valence-electron chi connectivity index (χ2n) is 3.76. The largest absolute Gasteiger partial charge is 0.459 e. The van der Waals surface area contributed by atoms with Crippen molar-refractivity contribution in [2.24, 2.45) is 0 Å². The van der Waals surface area contributed by atoms with Gasteiger partial charge in [-0.05, 0) is 17.7 Å². The molecule has 2 rings (SSSR count). The zero-order chi connectivity index (χ0) is 13.8. The highest BCUT2D eigenvalue weighted by Gasteiger charge is 2.10. The van der Waals surface area contributed by atoms with Crippen molar-refractivity contribution in [2.45, 2.75) is 6.61 Å². The summed E-state index contributed by atoms with van der Waals surface area (Å²) in [6.45, 7) is 0.112. The molecule has 0 aliphatic carbocycles. The third-order valence-corrected chi connectivity index (χ3v) is 2.29. The fraction of sp³-hybridized carbons (Fsp3) is 0.167. The topological polar surface area (TPSA) is 58.5 Å². The van der Waals surface area contributed by atoms with Gasteiger partial charge in [0.2, 0.25) is 0 Å². The number of rotatable bonds is 4. The fourth-order valence-electron chi connectivity index (χ4n) is 1.37. The van der Waals surface area contributed by atoms with Crippen LogP contribution in [0.4, 0.5) is 14.6 Å². The number of aromatic nitrogens is 2. The molecule has 0 amide bonds. The highest BCUT2D eigenvalue weighted by atomic mass is 19.1. The van der Waals surface area contributed by atoms with Crippen molar-refractivity contribution in [1.82, 2.24) is 9.97 Å². The second kappa shape index (κ2) is 5.57. The summed E-state index contributed by atoms with van der Waals surface area (Å²) >= 11 is 0. The van der Waals surface area contributed by atoms with E-state index in [0.717, 1.165) is 6.20 Å². The summed E-state index contributed by atoms with van der Waals surface area (Å²) in [4.78, 5) is 7.33. The maximum Gasteiger partial charge on any atom is 0.318 e. The first-order chi connectivity index (χ1) is 9.06. The van der Waals surface area contributed by atoms with Crippen LogP contribution in [0.2, 0.25) is 0 Å². The first kappa shape index (κ1) is 13.2. The number of benzene rings is 1. The molecule has 0 radical (unpaired) electrons. The predicted octanol–water partition coefficient (Wildman–Crippen LogP) is 2.16. The molecular formula is C12H11F2N3O2. The quantitative estimate of drug-likeness (QED) is 0.860. The Labute approximate surface area is 108 Å². The van der Waals surface area contributed by atoms with Crippen LogP contribution in [0.1, 0.15) is 5.56 Å². The van der Waals surface area contributed by atoms with Crippen LogP contribution < -0.4 is 9.80 Å². The summed E-state index contributed by atoms with van der Waals surface area (Å²) < 4.78 is 31.1. The van der Waals surface area contributed by atoms with Crippen LogP contribution in [-0.4, -0.2) is 22.2 Å². The number of nitrogens with zero attached hydrogens (tertiary/aromatic N) is 3. The fourth-order valence-corrected chi connectivity index (χ4v) is 1.37.